The van der Waals surface area contributed by atoms with Gasteiger partial charge in [0, 0.05) is 12.1 Å². The Morgan fingerprint density at radius 2 is 2.19 bits per heavy atom. The van der Waals surface area contributed by atoms with Crippen molar-refractivity contribution in [3.05, 3.63) is 35.1 Å². The smallest absolute Gasteiger partial charge is 0.127 e. The van der Waals surface area contributed by atoms with Gasteiger partial charge >= 0.3 is 0 Å². The van der Waals surface area contributed by atoms with E-state index in [1.54, 1.807) is 6.07 Å². The first-order chi connectivity index (χ1) is 7.77. The second-order valence-electron chi connectivity index (χ2n) is 3.80. The lowest BCUT2D eigenvalue weighted by Crippen LogP contribution is -2.15. The van der Waals surface area contributed by atoms with E-state index in [2.05, 4.69) is 12.2 Å². The molecule has 1 aromatic carbocycles. The summed E-state index contributed by atoms with van der Waals surface area (Å²) in [4.78, 5) is 0. The zero-order valence-corrected chi connectivity index (χ0v) is 9.59. The predicted octanol–water partition coefficient (Wildman–Crippen LogP) is 2.98. The van der Waals surface area contributed by atoms with Crippen molar-refractivity contribution in [2.24, 2.45) is 0 Å². The minimum atomic E-state index is -0.248. The largest absolute Gasteiger partial charge is 0.313 e. The molecule has 0 amide bonds. The number of benzene rings is 1. The summed E-state index contributed by atoms with van der Waals surface area (Å²) in [5, 5.41) is 11.9. The highest BCUT2D eigenvalue weighted by atomic mass is 19.1. The number of nitrogens with zero attached hydrogens (tertiary/aromatic N) is 1. The number of rotatable bonds is 6. The van der Waals surface area contributed by atoms with E-state index >= 15 is 0 Å². The second kappa shape index (κ2) is 6.97. The van der Waals surface area contributed by atoms with E-state index in [1.165, 1.54) is 25.0 Å². The van der Waals surface area contributed by atoms with E-state index in [-0.39, 0.29) is 5.82 Å². The average Bonchev–Trinajstić information content (AvgIpc) is 2.31. The van der Waals surface area contributed by atoms with Crippen LogP contribution in [0.4, 0.5) is 4.39 Å². The van der Waals surface area contributed by atoms with E-state index in [1.807, 2.05) is 6.07 Å². The molecule has 0 radical (unpaired) electrons. The molecule has 1 rings (SSSR count). The monoisotopic (exact) mass is 220 g/mol. The van der Waals surface area contributed by atoms with Gasteiger partial charge in [-0.1, -0.05) is 19.8 Å². The molecule has 0 bridgehead atoms. The Balaban J connectivity index is 2.44. The molecule has 3 heteroatoms. The molecule has 0 aliphatic heterocycles. The molecule has 0 saturated carbocycles. The zero-order chi connectivity index (χ0) is 11.8. The Hall–Kier alpha value is -1.40. The molecule has 1 aromatic rings. The Kier molecular flexibility index (Phi) is 5.52. The van der Waals surface area contributed by atoms with Gasteiger partial charge in [0.1, 0.15) is 5.82 Å². The highest BCUT2D eigenvalue weighted by molar-refractivity contribution is 5.33. The SMILES string of the molecule is CCCCCNCc1cc(C#N)ccc1F. The van der Waals surface area contributed by atoms with Crippen LogP contribution < -0.4 is 5.32 Å². The molecule has 0 aliphatic rings. The highest BCUT2D eigenvalue weighted by Crippen LogP contribution is 2.09. The van der Waals surface area contributed by atoms with E-state index < -0.39 is 0 Å². The molecule has 2 nitrogen and oxygen atoms in total. The van der Waals surface area contributed by atoms with Crippen molar-refractivity contribution in [3.63, 3.8) is 0 Å². The number of hydrogen-bond donors (Lipinski definition) is 1. The molecule has 0 unspecified atom stereocenters. The summed E-state index contributed by atoms with van der Waals surface area (Å²) in [6.45, 7) is 3.53. The van der Waals surface area contributed by atoms with Gasteiger partial charge in [-0.15, -0.1) is 0 Å². The molecule has 0 saturated heterocycles. The van der Waals surface area contributed by atoms with Crippen LogP contribution in [0.5, 0.6) is 0 Å². The van der Waals surface area contributed by atoms with Gasteiger partial charge in [-0.05, 0) is 31.2 Å². The van der Waals surface area contributed by atoms with Crippen LogP contribution in [0.15, 0.2) is 18.2 Å². The third kappa shape index (κ3) is 4.00. The number of hydrogen-bond acceptors (Lipinski definition) is 2. The van der Waals surface area contributed by atoms with Crippen LogP contribution in [0.2, 0.25) is 0 Å². The van der Waals surface area contributed by atoms with Crippen LogP contribution in [0.25, 0.3) is 0 Å². The summed E-state index contributed by atoms with van der Waals surface area (Å²) >= 11 is 0. The van der Waals surface area contributed by atoms with Crippen molar-refractivity contribution in [2.45, 2.75) is 32.7 Å². The normalized spacial score (nSPS) is 10.1. The van der Waals surface area contributed by atoms with Crippen LogP contribution >= 0.6 is 0 Å². The first-order valence-electron chi connectivity index (χ1n) is 5.67. The lowest BCUT2D eigenvalue weighted by molar-refractivity contribution is 0.573. The van der Waals surface area contributed by atoms with Crippen LogP contribution in [0, 0.1) is 17.1 Å². The minimum Gasteiger partial charge on any atom is -0.313 e. The third-order valence-corrected chi connectivity index (χ3v) is 2.45. The van der Waals surface area contributed by atoms with Gasteiger partial charge in [-0.3, -0.25) is 0 Å². The van der Waals surface area contributed by atoms with Crippen molar-refractivity contribution in [3.8, 4) is 6.07 Å². The molecule has 0 fully saturated rings. The van der Waals surface area contributed by atoms with Gasteiger partial charge in [-0.2, -0.15) is 5.26 Å². The van der Waals surface area contributed by atoms with E-state index in [9.17, 15) is 4.39 Å². The minimum absolute atomic E-state index is 0.248. The zero-order valence-electron chi connectivity index (χ0n) is 9.59. The molecular weight excluding hydrogens is 203 g/mol. The average molecular weight is 220 g/mol. The van der Waals surface area contributed by atoms with Crippen LogP contribution in [-0.2, 0) is 6.54 Å². The molecule has 0 aromatic heterocycles. The Morgan fingerprint density at radius 1 is 1.38 bits per heavy atom. The molecule has 86 valence electrons. The first kappa shape index (κ1) is 12.7. The maximum absolute atomic E-state index is 13.3. The molecule has 0 aliphatic carbocycles. The lowest BCUT2D eigenvalue weighted by atomic mass is 10.1. The molecule has 0 atom stereocenters. The van der Waals surface area contributed by atoms with Crippen molar-refractivity contribution in [1.82, 2.24) is 5.32 Å². The predicted molar refractivity (Wildman–Crippen MR) is 62.3 cm³/mol. The summed E-state index contributed by atoms with van der Waals surface area (Å²) in [5.41, 5.74) is 1.07. The van der Waals surface area contributed by atoms with Crippen molar-refractivity contribution in [2.75, 3.05) is 6.54 Å². The molecule has 1 N–H and O–H groups in total. The standard InChI is InChI=1S/C13H17FN2/c1-2-3-4-7-16-10-12-8-11(9-15)5-6-13(12)14/h5-6,8,16H,2-4,7,10H2,1H3. The third-order valence-electron chi connectivity index (χ3n) is 2.45. The Labute approximate surface area is 96.1 Å². The second-order valence-corrected chi connectivity index (χ2v) is 3.80. The summed E-state index contributed by atoms with van der Waals surface area (Å²) < 4.78 is 13.3. The van der Waals surface area contributed by atoms with Crippen molar-refractivity contribution in [1.29, 1.82) is 5.26 Å². The van der Waals surface area contributed by atoms with Gasteiger partial charge in [0.2, 0.25) is 0 Å². The molecule has 0 spiro atoms. The highest BCUT2D eigenvalue weighted by Gasteiger charge is 2.02. The van der Waals surface area contributed by atoms with Gasteiger partial charge in [0.05, 0.1) is 11.6 Å². The molecule has 0 heterocycles. The van der Waals surface area contributed by atoms with Gasteiger partial charge in [0.25, 0.3) is 0 Å². The lowest BCUT2D eigenvalue weighted by Gasteiger charge is -2.05. The first-order valence-corrected chi connectivity index (χ1v) is 5.67. The maximum Gasteiger partial charge on any atom is 0.127 e. The fourth-order valence-corrected chi connectivity index (χ4v) is 1.50. The fourth-order valence-electron chi connectivity index (χ4n) is 1.50. The number of halogens is 1. The van der Waals surface area contributed by atoms with Crippen molar-refractivity contribution >= 4 is 0 Å². The van der Waals surface area contributed by atoms with Crippen LogP contribution in [0.3, 0.4) is 0 Å². The summed E-state index contributed by atoms with van der Waals surface area (Å²) in [7, 11) is 0. The number of nitriles is 1. The van der Waals surface area contributed by atoms with Gasteiger partial charge in [0.15, 0.2) is 0 Å². The van der Waals surface area contributed by atoms with Crippen LogP contribution in [0.1, 0.15) is 37.3 Å². The van der Waals surface area contributed by atoms with E-state index in [4.69, 9.17) is 5.26 Å². The van der Waals surface area contributed by atoms with Gasteiger partial charge < -0.3 is 5.32 Å². The quantitative estimate of drug-likeness (QED) is 0.748. The van der Waals surface area contributed by atoms with Crippen molar-refractivity contribution < 1.29 is 4.39 Å². The Morgan fingerprint density at radius 3 is 2.88 bits per heavy atom. The van der Waals surface area contributed by atoms with E-state index in [0.717, 1.165) is 13.0 Å². The topological polar surface area (TPSA) is 35.8 Å². The summed E-state index contributed by atoms with van der Waals surface area (Å²) in [6, 6.07) is 6.45. The summed E-state index contributed by atoms with van der Waals surface area (Å²) in [6.07, 6.45) is 3.48. The number of unbranched alkanes of at least 4 members (excludes halogenated alkanes) is 2. The fraction of sp³-hybridized carbons (Fsp3) is 0.462. The Bertz CT molecular complexity index is 369. The van der Waals surface area contributed by atoms with Gasteiger partial charge in [-0.25, -0.2) is 4.39 Å². The van der Waals surface area contributed by atoms with E-state index in [0.29, 0.717) is 17.7 Å². The number of nitrogens with one attached hydrogen (secondary N) is 1. The maximum atomic E-state index is 13.3. The molecular formula is C13H17FN2. The summed E-state index contributed by atoms with van der Waals surface area (Å²) in [5.74, 6) is -0.248. The van der Waals surface area contributed by atoms with Crippen LogP contribution in [-0.4, -0.2) is 6.54 Å². The molecule has 16 heavy (non-hydrogen) atoms.